The molecule has 1 aromatic heterocycles. The molecule has 0 radical (unpaired) electrons. The van der Waals surface area contributed by atoms with Gasteiger partial charge in [-0.25, -0.2) is 4.98 Å². The zero-order chi connectivity index (χ0) is 14.4. The summed E-state index contributed by atoms with van der Waals surface area (Å²) in [5.41, 5.74) is 2.13. The van der Waals surface area contributed by atoms with Crippen molar-refractivity contribution >= 4 is 17.0 Å². The average Bonchev–Trinajstić information content (AvgIpc) is 2.87. The van der Waals surface area contributed by atoms with Crippen molar-refractivity contribution in [2.75, 3.05) is 19.6 Å². The van der Waals surface area contributed by atoms with Crippen molar-refractivity contribution in [3.05, 3.63) is 29.7 Å². The lowest BCUT2D eigenvalue weighted by Gasteiger charge is -2.44. The van der Waals surface area contributed by atoms with Crippen LogP contribution in [0, 0.1) is 12.8 Å². The highest BCUT2D eigenvalue weighted by Gasteiger charge is 2.34. The number of amides is 1. The minimum Gasteiger partial charge on any atom is -0.441 e. The molecule has 3 saturated heterocycles. The Morgan fingerprint density at radius 2 is 2.19 bits per heavy atom. The van der Waals surface area contributed by atoms with Crippen LogP contribution in [0.2, 0.25) is 0 Å². The highest BCUT2D eigenvalue weighted by molar-refractivity contribution is 5.97. The third-order valence-corrected chi connectivity index (χ3v) is 4.73. The number of aryl methyl sites for hydroxylation is 1. The summed E-state index contributed by atoms with van der Waals surface area (Å²) in [6.45, 7) is 5.16. The first-order valence-electron chi connectivity index (χ1n) is 7.59. The maximum Gasteiger partial charge on any atom is 0.251 e. The summed E-state index contributed by atoms with van der Waals surface area (Å²) < 4.78 is 5.44. The topological polar surface area (TPSA) is 58.4 Å². The normalized spacial score (nSPS) is 28.0. The molecule has 21 heavy (non-hydrogen) atoms. The molecule has 0 saturated carbocycles. The Kier molecular flexibility index (Phi) is 2.96. The zero-order valence-corrected chi connectivity index (χ0v) is 12.1. The number of carbonyl (C=O) groups is 1. The molecule has 4 heterocycles. The Morgan fingerprint density at radius 1 is 1.38 bits per heavy atom. The first-order chi connectivity index (χ1) is 10.2. The van der Waals surface area contributed by atoms with Crippen LogP contribution < -0.4 is 5.32 Å². The Hall–Kier alpha value is -1.88. The fraction of sp³-hybridized carbons (Fsp3) is 0.500. The van der Waals surface area contributed by atoms with E-state index in [1.807, 2.05) is 25.1 Å². The van der Waals surface area contributed by atoms with E-state index in [0.29, 0.717) is 17.4 Å². The number of nitrogens with one attached hydrogen (secondary N) is 1. The third-order valence-electron chi connectivity index (χ3n) is 4.73. The number of oxazole rings is 1. The number of carbonyl (C=O) groups excluding carboxylic acids is 1. The van der Waals surface area contributed by atoms with Gasteiger partial charge in [0.2, 0.25) is 0 Å². The smallest absolute Gasteiger partial charge is 0.251 e. The van der Waals surface area contributed by atoms with Crippen molar-refractivity contribution in [3.8, 4) is 0 Å². The van der Waals surface area contributed by atoms with Crippen LogP contribution in [-0.2, 0) is 0 Å². The monoisotopic (exact) mass is 285 g/mol. The molecule has 5 nitrogen and oxygen atoms in total. The molecule has 2 aromatic rings. The fourth-order valence-electron chi connectivity index (χ4n) is 3.56. The van der Waals surface area contributed by atoms with E-state index < -0.39 is 0 Å². The number of rotatable bonds is 2. The average molecular weight is 285 g/mol. The van der Waals surface area contributed by atoms with Crippen LogP contribution in [0.15, 0.2) is 22.6 Å². The van der Waals surface area contributed by atoms with Crippen molar-refractivity contribution in [2.45, 2.75) is 25.8 Å². The lowest BCUT2D eigenvalue weighted by Crippen LogP contribution is -2.57. The van der Waals surface area contributed by atoms with E-state index in [2.05, 4.69) is 15.2 Å². The summed E-state index contributed by atoms with van der Waals surface area (Å²) >= 11 is 0. The molecule has 3 fully saturated rings. The molecular formula is C16H19N3O2. The van der Waals surface area contributed by atoms with Gasteiger partial charge in [0, 0.05) is 25.1 Å². The van der Waals surface area contributed by atoms with Gasteiger partial charge in [0.1, 0.15) is 5.52 Å². The van der Waals surface area contributed by atoms with Gasteiger partial charge in [0.15, 0.2) is 11.5 Å². The second-order valence-electron chi connectivity index (χ2n) is 6.13. The van der Waals surface area contributed by atoms with Crippen LogP contribution in [0.5, 0.6) is 0 Å². The largest absolute Gasteiger partial charge is 0.441 e. The second-order valence-corrected chi connectivity index (χ2v) is 6.13. The van der Waals surface area contributed by atoms with Gasteiger partial charge < -0.3 is 14.6 Å². The SMILES string of the molecule is Cc1nc2cc(C(=O)NC3CN4CCC3CC4)ccc2o1. The van der Waals surface area contributed by atoms with E-state index in [0.717, 1.165) is 17.6 Å². The molecule has 5 rings (SSSR count). The highest BCUT2D eigenvalue weighted by atomic mass is 16.3. The van der Waals surface area contributed by atoms with Crippen molar-refractivity contribution in [1.82, 2.24) is 15.2 Å². The Balaban J connectivity index is 1.53. The zero-order valence-electron chi connectivity index (χ0n) is 12.1. The summed E-state index contributed by atoms with van der Waals surface area (Å²) in [5.74, 6) is 1.26. The molecule has 1 aromatic carbocycles. The molecule has 0 spiro atoms. The van der Waals surface area contributed by atoms with Gasteiger partial charge in [0.05, 0.1) is 0 Å². The molecule has 1 N–H and O–H groups in total. The quantitative estimate of drug-likeness (QED) is 0.916. The predicted octanol–water partition coefficient (Wildman–Crippen LogP) is 1.96. The maximum absolute atomic E-state index is 12.5. The minimum absolute atomic E-state index is 0.00342. The molecule has 1 unspecified atom stereocenters. The molecule has 1 amide bonds. The lowest BCUT2D eigenvalue weighted by molar-refractivity contribution is 0.0620. The number of fused-ring (bicyclic) bond motifs is 4. The van der Waals surface area contributed by atoms with E-state index in [-0.39, 0.29) is 11.9 Å². The van der Waals surface area contributed by atoms with Crippen LogP contribution in [0.1, 0.15) is 29.1 Å². The van der Waals surface area contributed by atoms with Crippen LogP contribution in [0.3, 0.4) is 0 Å². The van der Waals surface area contributed by atoms with Gasteiger partial charge in [-0.05, 0) is 50.0 Å². The summed E-state index contributed by atoms with van der Waals surface area (Å²) in [6.07, 6.45) is 2.40. The number of nitrogens with zero attached hydrogens (tertiary/aromatic N) is 2. The van der Waals surface area contributed by atoms with Gasteiger partial charge in [-0.15, -0.1) is 0 Å². The molecule has 3 aliphatic rings. The first kappa shape index (κ1) is 12.8. The van der Waals surface area contributed by atoms with Crippen molar-refractivity contribution < 1.29 is 9.21 Å². The van der Waals surface area contributed by atoms with Gasteiger partial charge in [-0.1, -0.05) is 0 Å². The Labute approximate surface area is 123 Å². The van der Waals surface area contributed by atoms with Crippen molar-refractivity contribution in [3.63, 3.8) is 0 Å². The van der Waals surface area contributed by atoms with Crippen LogP contribution >= 0.6 is 0 Å². The molecule has 3 aliphatic heterocycles. The fourth-order valence-corrected chi connectivity index (χ4v) is 3.56. The second kappa shape index (κ2) is 4.84. The minimum atomic E-state index is -0.00342. The first-order valence-corrected chi connectivity index (χ1v) is 7.59. The van der Waals surface area contributed by atoms with Gasteiger partial charge in [-0.3, -0.25) is 4.79 Å². The van der Waals surface area contributed by atoms with Crippen LogP contribution in [-0.4, -0.2) is 41.5 Å². The lowest BCUT2D eigenvalue weighted by atomic mass is 9.84. The molecule has 110 valence electrons. The number of aromatic nitrogens is 1. The Morgan fingerprint density at radius 3 is 2.90 bits per heavy atom. The van der Waals surface area contributed by atoms with E-state index in [9.17, 15) is 4.79 Å². The van der Waals surface area contributed by atoms with Crippen LogP contribution in [0.4, 0.5) is 0 Å². The van der Waals surface area contributed by atoms with E-state index in [4.69, 9.17) is 4.42 Å². The highest BCUT2D eigenvalue weighted by Crippen LogP contribution is 2.27. The van der Waals surface area contributed by atoms with E-state index in [1.54, 1.807) is 0 Å². The van der Waals surface area contributed by atoms with Crippen molar-refractivity contribution in [2.24, 2.45) is 5.92 Å². The molecule has 0 aliphatic carbocycles. The van der Waals surface area contributed by atoms with E-state index >= 15 is 0 Å². The molecular weight excluding hydrogens is 266 g/mol. The standard InChI is InChI=1S/C16H19N3O2/c1-10-17-13-8-12(2-3-15(13)21-10)16(20)18-14-9-19-6-4-11(14)5-7-19/h2-3,8,11,14H,4-7,9H2,1H3,(H,18,20). The number of hydrogen-bond acceptors (Lipinski definition) is 4. The summed E-state index contributed by atoms with van der Waals surface area (Å²) in [4.78, 5) is 19.2. The van der Waals surface area contributed by atoms with Crippen molar-refractivity contribution in [1.29, 1.82) is 0 Å². The number of hydrogen-bond donors (Lipinski definition) is 1. The number of benzene rings is 1. The molecule has 1 atom stereocenters. The number of piperidine rings is 3. The van der Waals surface area contributed by atoms with Gasteiger partial charge >= 0.3 is 0 Å². The Bertz CT molecular complexity index is 686. The summed E-state index contributed by atoms with van der Waals surface area (Å²) in [7, 11) is 0. The van der Waals surface area contributed by atoms with Crippen LogP contribution in [0.25, 0.3) is 11.1 Å². The van der Waals surface area contributed by atoms with Gasteiger partial charge in [0.25, 0.3) is 5.91 Å². The van der Waals surface area contributed by atoms with Gasteiger partial charge in [-0.2, -0.15) is 0 Å². The molecule has 5 heteroatoms. The molecule has 2 bridgehead atoms. The predicted molar refractivity (Wildman–Crippen MR) is 79.2 cm³/mol. The summed E-state index contributed by atoms with van der Waals surface area (Å²) in [5, 5.41) is 3.20. The summed E-state index contributed by atoms with van der Waals surface area (Å²) in [6, 6.07) is 5.72. The third kappa shape index (κ3) is 2.31. The maximum atomic E-state index is 12.5. The van der Waals surface area contributed by atoms with E-state index in [1.165, 1.54) is 25.9 Å².